The Morgan fingerprint density at radius 3 is 2.53 bits per heavy atom. The van der Waals surface area contributed by atoms with Crippen LogP contribution in [0.25, 0.3) is 0 Å². The number of pyridine rings is 1. The standard InChI is InChI=1S/C22H25N3O4.C2H7N/c1-29-19-4-2-3-14(5-19)11-25-12-15(6-16(13-26)21(25)28)20(27)24-18-9-22(10-18)7-17(23)8-22;1-3-2/h2-6,12-13,17-18H,7-11,23H2,1H3,(H,24,27);3H,1-2H3. The predicted molar refractivity (Wildman–Crippen MR) is 123 cm³/mol. The molecule has 0 atom stereocenters. The number of aromatic nitrogens is 1. The molecule has 2 saturated carbocycles. The SMILES string of the molecule is CNC.COc1cccc(Cn2cc(C(=O)NC3CC4(CC(N)C4)C3)cc(C=O)c2=O)c1. The van der Waals surface area contributed by atoms with Crippen LogP contribution in [0.15, 0.2) is 41.3 Å². The Labute approximate surface area is 188 Å². The summed E-state index contributed by atoms with van der Waals surface area (Å²) in [6.45, 7) is 0.239. The summed E-state index contributed by atoms with van der Waals surface area (Å²) in [7, 11) is 5.32. The van der Waals surface area contributed by atoms with Crippen LogP contribution in [-0.2, 0) is 6.54 Å². The molecule has 2 aromatic rings. The highest BCUT2D eigenvalue weighted by Crippen LogP contribution is 2.55. The molecule has 1 spiro atoms. The van der Waals surface area contributed by atoms with Crippen molar-refractivity contribution in [2.45, 2.75) is 44.3 Å². The minimum absolute atomic E-state index is 0.0319. The number of nitrogens with two attached hydrogens (primary N) is 1. The summed E-state index contributed by atoms with van der Waals surface area (Å²) in [4.78, 5) is 36.7. The van der Waals surface area contributed by atoms with Gasteiger partial charge in [0.1, 0.15) is 5.75 Å². The fourth-order valence-corrected chi connectivity index (χ4v) is 4.69. The van der Waals surface area contributed by atoms with E-state index in [1.807, 2.05) is 38.4 Å². The molecule has 8 nitrogen and oxygen atoms in total. The maximum absolute atomic E-state index is 12.7. The summed E-state index contributed by atoms with van der Waals surface area (Å²) < 4.78 is 6.60. The number of hydrogen-bond acceptors (Lipinski definition) is 6. The van der Waals surface area contributed by atoms with Crippen LogP contribution in [0.4, 0.5) is 0 Å². The van der Waals surface area contributed by atoms with E-state index in [-0.39, 0.29) is 24.1 Å². The number of nitrogens with zero attached hydrogens (tertiary/aromatic N) is 1. The van der Waals surface area contributed by atoms with Crippen LogP contribution in [0.1, 0.15) is 52.0 Å². The summed E-state index contributed by atoms with van der Waals surface area (Å²) in [5, 5.41) is 5.77. The highest BCUT2D eigenvalue weighted by Gasteiger charge is 2.52. The first-order valence-electron chi connectivity index (χ1n) is 10.8. The van der Waals surface area contributed by atoms with Gasteiger partial charge in [-0.25, -0.2) is 0 Å². The van der Waals surface area contributed by atoms with Gasteiger partial charge in [-0.2, -0.15) is 0 Å². The van der Waals surface area contributed by atoms with Crippen molar-refractivity contribution < 1.29 is 14.3 Å². The van der Waals surface area contributed by atoms with Crippen LogP contribution < -0.4 is 26.7 Å². The molecule has 2 fully saturated rings. The molecule has 8 heteroatoms. The molecule has 2 aliphatic carbocycles. The van der Waals surface area contributed by atoms with E-state index in [9.17, 15) is 14.4 Å². The number of nitrogens with one attached hydrogen (secondary N) is 2. The Kier molecular flexibility index (Phi) is 7.48. The molecular formula is C24H32N4O4. The summed E-state index contributed by atoms with van der Waals surface area (Å²) in [5.41, 5.74) is 6.89. The fourth-order valence-electron chi connectivity index (χ4n) is 4.69. The number of hydrogen-bond donors (Lipinski definition) is 3. The van der Waals surface area contributed by atoms with Gasteiger partial charge in [-0.3, -0.25) is 14.4 Å². The monoisotopic (exact) mass is 440 g/mol. The Morgan fingerprint density at radius 2 is 1.94 bits per heavy atom. The average Bonchev–Trinajstić information content (AvgIpc) is 2.73. The van der Waals surface area contributed by atoms with Gasteiger partial charge in [0.25, 0.3) is 11.5 Å². The lowest BCUT2D eigenvalue weighted by Crippen LogP contribution is -2.59. The van der Waals surface area contributed by atoms with Crippen molar-refractivity contribution in [2.24, 2.45) is 11.1 Å². The lowest BCUT2D eigenvalue weighted by atomic mass is 9.52. The number of carbonyl (C=O) groups is 2. The molecule has 0 radical (unpaired) electrons. The lowest BCUT2D eigenvalue weighted by molar-refractivity contribution is -0.0159. The zero-order valence-corrected chi connectivity index (χ0v) is 18.9. The van der Waals surface area contributed by atoms with E-state index in [2.05, 4.69) is 10.6 Å². The fraction of sp³-hybridized carbons (Fsp3) is 0.458. The molecule has 32 heavy (non-hydrogen) atoms. The summed E-state index contributed by atoms with van der Waals surface area (Å²) >= 11 is 0. The summed E-state index contributed by atoms with van der Waals surface area (Å²) in [6, 6.07) is 9.09. The number of aldehydes is 1. The zero-order valence-electron chi connectivity index (χ0n) is 18.9. The molecule has 1 aromatic carbocycles. The number of ether oxygens (including phenoxy) is 1. The molecule has 0 saturated heterocycles. The Bertz CT molecular complexity index is 1020. The second-order valence-corrected chi connectivity index (χ2v) is 8.83. The van der Waals surface area contributed by atoms with Crippen LogP contribution in [0.3, 0.4) is 0 Å². The molecule has 1 amide bonds. The van der Waals surface area contributed by atoms with Crippen LogP contribution >= 0.6 is 0 Å². The van der Waals surface area contributed by atoms with Crippen molar-refractivity contribution in [2.75, 3.05) is 21.2 Å². The second kappa shape index (κ2) is 10.1. The maximum atomic E-state index is 12.7. The second-order valence-electron chi connectivity index (χ2n) is 8.83. The van der Waals surface area contributed by atoms with E-state index in [4.69, 9.17) is 10.5 Å². The first-order valence-corrected chi connectivity index (χ1v) is 10.8. The number of carbonyl (C=O) groups excluding carboxylic acids is 2. The number of rotatable bonds is 6. The normalized spacial score (nSPS) is 23.2. The highest BCUT2D eigenvalue weighted by molar-refractivity contribution is 5.95. The van der Waals surface area contributed by atoms with Crippen LogP contribution in [0.5, 0.6) is 5.75 Å². The highest BCUT2D eigenvalue weighted by atomic mass is 16.5. The van der Waals surface area contributed by atoms with Crippen molar-refractivity contribution in [3.63, 3.8) is 0 Å². The first kappa shape index (κ1) is 23.7. The van der Waals surface area contributed by atoms with Crippen LogP contribution in [0.2, 0.25) is 0 Å². The molecule has 4 N–H and O–H groups in total. The Morgan fingerprint density at radius 1 is 1.25 bits per heavy atom. The molecule has 0 bridgehead atoms. The van der Waals surface area contributed by atoms with Gasteiger partial charge in [0.15, 0.2) is 6.29 Å². The smallest absolute Gasteiger partial charge is 0.261 e. The van der Waals surface area contributed by atoms with Crippen LogP contribution in [0, 0.1) is 5.41 Å². The van der Waals surface area contributed by atoms with E-state index in [0.29, 0.717) is 29.1 Å². The van der Waals surface area contributed by atoms with Crippen molar-refractivity contribution in [3.8, 4) is 5.75 Å². The predicted octanol–water partition coefficient (Wildman–Crippen LogP) is 1.55. The molecule has 4 rings (SSSR count). The minimum atomic E-state index is -0.426. The van der Waals surface area contributed by atoms with Gasteiger partial charge >= 0.3 is 0 Å². The molecule has 1 aromatic heterocycles. The van der Waals surface area contributed by atoms with E-state index in [0.717, 1.165) is 31.2 Å². The molecular weight excluding hydrogens is 408 g/mol. The van der Waals surface area contributed by atoms with Crippen molar-refractivity contribution in [1.29, 1.82) is 0 Å². The van der Waals surface area contributed by atoms with E-state index in [1.165, 1.54) is 16.8 Å². The van der Waals surface area contributed by atoms with Gasteiger partial charge in [0, 0.05) is 18.3 Å². The number of amides is 1. The molecule has 1 heterocycles. The Balaban J connectivity index is 0.000000913. The van der Waals surface area contributed by atoms with Gasteiger partial charge in [-0.1, -0.05) is 12.1 Å². The van der Waals surface area contributed by atoms with Crippen molar-refractivity contribution in [1.82, 2.24) is 15.2 Å². The number of methoxy groups -OCH3 is 1. The van der Waals surface area contributed by atoms with Gasteiger partial charge in [-0.05, 0) is 69.0 Å². The average molecular weight is 441 g/mol. The minimum Gasteiger partial charge on any atom is -0.497 e. The largest absolute Gasteiger partial charge is 0.497 e. The molecule has 172 valence electrons. The zero-order chi connectivity index (χ0) is 23.3. The first-order chi connectivity index (χ1) is 15.3. The quantitative estimate of drug-likeness (QED) is 0.587. The van der Waals surface area contributed by atoms with E-state index >= 15 is 0 Å². The summed E-state index contributed by atoms with van der Waals surface area (Å²) in [5.74, 6) is 0.408. The van der Waals surface area contributed by atoms with Gasteiger partial charge in [-0.15, -0.1) is 0 Å². The topological polar surface area (TPSA) is 115 Å². The van der Waals surface area contributed by atoms with Gasteiger partial charge in [0.2, 0.25) is 0 Å². The van der Waals surface area contributed by atoms with Crippen LogP contribution in [-0.4, -0.2) is 50.0 Å². The van der Waals surface area contributed by atoms with Crippen molar-refractivity contribution in [3.05, 3.63) is 63.6 Å². The third kappa shape index (κ3) is 5.26. The van der Waals surface area contributed by atoms with E-state index < -0.39 is 5.56 Å². The number of benzene rings is 1. The lowest BCUT2D eigenvalue weighted by Gasteiger charge is -2.57. The molecule has 0 unspecified atom stereocenters. The summed E-state index contributed by atoms with van der Waals surface area (Å²) in [6.07, 6.45) is 5.94. The third-order valence-corrected chi connectivity index (χ3v) is 6.07. The molecule has 2 aliphatic rings. The van der Waals surface area contributed by atoms with Gasteiger partial charge < -0.3 is 25.7 Å². The van der Waals surface area contributed by atoms with Gasteiger partial charge in [0.05, 0.1) is 24.8 Å². The Hall–Kier alpha value is -2.97. The van der Waals surface area contributed by atoms with Crippen molar-refractivity contribution >= 4 is 12.2 Å². The third-order valence-electron chi connectivity index (χ3n) is 6.07. The molecule has 0 aliphatic heterocycles. The van der Waals surface area contributed by atoms with E-state index in [1.54, 1.807) is 7.11 Å². The maximum Gasteiger partial charge on any atom is 0.261 e.